The van der Waals surface area contributed by atoms with Crippen LogP contribution in [0.4, 0.5) is 5.69 Å². The van der Waals surface area contributed by atoms with Gasteiger partial charge in [0.05, 0.1) is 12.1 Å². The number of aromatic nitrogens is 4. The molecule has 0 aliphatic heterocycles. The van der Waals surface area contributed by atoms with Crippen LogP contribution in [0, 0.1) is 6.92 Å². The highest BCUT2D eigenvalue weighted by Crippen LogP contribution is 2.16. The molecule has 0 fully saturated rings. The van der Waals surface area contributed by atoms with Gasteiger partial charge in [-0.25, -0.2) is 0 Å². The second-order valence-corrected chi connectivity index (χ2v) is 5.52. The molecule has 6 nitrogen and oxygen atoms in total. The minimum absolute atomic E-state index is 0.0389. The highest BCUT2D eigenvalue weighted by atomic mass is 32.1. The number of aryl methyl sites for hydroxylation is 1. The van der Waals surface area contributed by atoms with Gasteiger partial charge in [-0.3, -0.25) is 4.79 Å². The molecule has 2 aromatic heterocycles. The van der Waals surface area contributed by atoms with Gasteiger partial charge in [0.1, 0.15) is 0 Å². The van der Waals surface area contributed by atoms with Gasteiger partial charge in [0, 0.05) is 10.6 Å². The molecule has 7 heteroatoms. The lowest BCUT2D eigenvalue weighted by Crippen LogP contribution is -2.14. The summed E-state index contributed by atoms with van der Waals surface area (Å²) in [7, 11) is 0. The lowest BCUT2D eigenvalue weighted by atomic mass is 10.2. The Morgan fingerprint density at radius 3 is 2.95 bits per heavy atom. The van der Waals surface area contributed by atoms with Gasteiger partial charge >= 0.3 is 0 Å². The number of tetrazole rings is 1. The maximum Gasteiger partial charge on any atom is 0.229 e. The highest BCUT2D eigenvalue weighted by molar-refractivity contribution is 7.10. The van der Waals surface area contributed by atoms with Crippen LogP contribution >= 0.6 is 11.3 Å². The minimum Gasteiger partial charge on any atom is -0.326 e. The predicted molar refractivity (Wildman–Crippen MR) is 80.5 cm³/mol. The number of carbonyl (C=O) groups excluding carboxylic acids is 1. The Morgan fingerprint density at radius 1 is 1.33 bits per heavy atom. The van der Waals surface area contributed by atoms with Crippen LogP contribution in [0.5, 0.6) is 0 Å². The molecule has 21 heavy (non-hydrogen) atoms. The maximum atomic E-state index is 12.0. The van der Waals surface area contributed by atoms with E-state index in [1.165, 1.54) is 0 Å². The summed E-state index contributed by atoms with van der Waals surface area (Å²) in [5.41, 5.74) is 1.54. The topological polar surface area (TPSA) is 72.7 Å². The molecule has 0 saturated carbocycles. The second kappa shape index (κ2) is 5.84. The van der Waals surface area contributed by atoms with Gasteiger partial charge in [0.15, 0.2) is 5.82 Å². The fourth-order valence-corrected chi connectivity index (χ4v) is 2.67. The van der Waals surface area contributed by atoms with E-state index in [1.807, 2.05) is 48.7 Å². The Labute approximate surface area is 125 Å². The van der Waals surface area contributed by atoms with Crippen molar-refractivity contribution in [3.8, 4) is 5.69 Å². The van der Waals surface area contributed by atoms with Crippen molar-refractivity contribution in [2.24, 2.45) is 0 Å². The van der Waals surface area contributed by atoms with Crippen molar-refractivity contribution in [2.45, 2.75) is 13.3 Å². The monoisotopic (exact) mass is 299 g/mol. The first kappa shape index (κ1) is 13.4. The van der Waals surface area contributed by atoms with Crippen LogP contribution in [0.25, 0.3) is 5.69 Å². The molecule has 106 valence electrons. The molecule has 1 N–H and O–H groups in total. The highest BCUT2D eigenvalue weighted by Gasteiger charge is 2.07. The number of carbonyl (C=O) groups is 1. The third kappa shape index (κ3) is 3.14. The number of amides is 1. The Hall–Kier alpha value is -2.54. The van der Waals surface area contributed by atoms with Crippen molar-refractivity contribution in [1.29, 1.82) is 0 Å². The molecule has 0 bridgehead atoms. The number of nitrogens with one attached hydrogen (secondary N) is 1. The fourth-order valence-electron chi connectivity index (χ4n) is 1.96. The molecule has 0 atom stereocenters. The fraction of sp³-hybridized carbons (Fsp3) is 0.143. The van der Waals surface area contributed by atoms with Crippen LogP contribution in [0.2, 0.25) is 0 Å². The first-order valence-corrected chi connectivity index (χ1v) is 7.28. The zero-order valence-corrected chi connectivity index (χ0v) is 12.2. The van der Waals surface area contributed by atoms with Crippen molar-refractivity contribution in [3.63, 3.8) is 0 Å². The van der Waals surface area contributed by atoms with E-state index < -0.39 is 0 Å². The van der Waals surface area contributed by atoms with Crippen LogP contribution in [0.1, 0.15) is 10.7 Å². The molecule has 0 aliphatic rings. The van der Waals surface area contributed by atoms with E-state index in [1.54, 1.807) is 16.0 Å². The van der Waals surface area contributed by atoms with E-state index >= 15 is 0 Å². The third-order valence-electron chi connectivity index (χ3n) is 2.91. The van der Waals surface area contributed by atoms with Gasteiger partial charge in [-0.05, 0) is 47.0 Å². The summed E-state index contributed by atoms with van der Waals surface area (Å²) in [5.74, 6) is 0.653. The number of nitrogens with zero attached hydrogens (tertiary/aromatic N) is 4. The van der Waals surface area contributed by atoms with Crippen molar-refractivity contribution in [1.82, 2.24) is 20.2 Å². The van der Waals surface area contributed by atoms with Gasteiger partial charge < -0.3 is 5.32 Å². The molecule has 1 aromatic carbocycles. The van der Waals surface area contributed by atoms with Gasteiger partial charge in [0.25, 0.3) is 0 Å². The minimum atomic E-state index is -0.0389. The number of rotatable bonds is 4. The third-order valence-corrected chi connectivity index (χ3v) is 3.79. The Balaban J connectivity index is 1.74. The first-order valence-electron chi connectivity index (χ1n) is 6.40. The Morgan fingerprint density at radius 2 is 2.24 bits per heavy atom. The smallest absolute Gasteiger partial charge is 0.229 e. The number of hydrogen-bond acceptors (Lipinski definition) is 5. The standard InChI is InChI=1S/C14H13N5OS/c1-10-16-17-18-19(10)12-5-2-4-11(8-12)15-14(20)9-13-6-3-7-21-13/h2-8H,9H2,1H3,(H,15,20). The zero-order chi connectivity index (χ0) is 14.7. The van der Waals surface area contributed by atoms with Crippen LogP contribution in [0.3, 0.4) is 0 Å². The van der Waals surface area contributed by atoms with Crippen LogP contribution in [-0.4, -0.2) is 26.1 Å². The summed E-state index contributed by atoms with van der Waals surface area (Å²) in [6.07, 6.45) is 0.381. The van der Waals surface area contributed by atoms with Gasteiger partial charge in [0.2, 0.25) is 5.91 Å². The average Bonchev–Trinajstić information content (AvgIpc) is 3.10. The summed E-state index contributed by atoms with van der Waals surface area (Å²) in [4.78, 5) is 13.0. The van der Waals surface area contributed by atoms with Crippen molar-refractivity contribution in [3.05, 3.63) is 52.5 Å². The Bertz CT molecular complexity index is 750. The molecular weight excluding hydrogens is 286 g/mol. The molecular formula is C14H13N5OS. The van der Waals surface area contributed by atoms with Crippen LogP contribution in [0.15, 0.2) is 41.8 Å². The van der Waals surface area contributed by atoms with Crippen molar-refractivity contribution in [2.75, 3.05) is 5.32 Å². The molecule has 0 radical (unpaired) electrons. The number of hydrogen-bond donors (Lipinski definition) is 1. The molecule has 1 amide bonds. The van der Waals surface area contributed by atoms with Gasteiger partial charge in [-0.15, -0.1) is 16.4 Å². The average molecular weight is 299 g/mol. The molecule has 2 heterocycles. The van der Waals surface area contributed by atoms with E-state index in [0.29, 0.717) is 12.2 Å². The Kier molecular flexibility index (Phi) is 3.74. The molecule has 3 rings (SSSR count). The van der Waals surface area contributed by atoms with Crippen LogP contribution < -0.4 is 5.32 Å². The lowest BCUT2D eigenvalue weighted by molar-refractivity contribution is -0.115. The van der Waals surface area contributed by atoms with Crippen LogP contribution in [-0.2, 0) is 11.2 Å². The summed E-state index contributed by atoms with van der Waals surface area (Å²) in [6.45, 7) is 1.82. The summed E-state index contributed by atoms with van der Waals surface area (Å²) < 4.78 is 1.62. The van der Waals surface area contributed by atoms with E-state index in [4.69, 9.17) is 0 Å². The van der Waals surface area contributed by atoms with Gasteiger partial charge in [-0.1, -0.05) is 12.1 Å². The lowest BCUT2D eigenvalue weighted by Gasteiger charge is -2.07. The van der Waals surface area contributed by atoms with Crippen molar-refractivity contribution < 1.29 is 4.79 Å². The number of anilines is 1. The summed E-state index contributed by atoms with van der Waals surface area (Å²) in [6, 6.07) is 11.3. The van der Waals surface area contributed by atoms with E-state index in [9.17, 15) is 4.79 Å². The predicted octanol–water partition coefficient (Wildman–Crippen LogP) is 2.21. The molecule has 0 unspecified atom stereocenters. The zero-order valence-electron chi connectivity index (χ0n) is 11.4. The quantitative estimate of drug-likeness (QED) is 0.801. The normalized spacial score (nSPS) is 10.5. The molecule has 0 saturated heterocycles. The first-order chi connectivity index (χ1) is 10.2. The van der Waals surface area contributed by atoms with E-state index in [0.717, 1.165) is 16.3 Å². The SMILES string of the molecule is Cc1nnnn1-c1cccc(NC(=O)Cc2cccs2)c1. The summed E-state index contributed by atoms with van der Waals surface area (Å²) >= 11 is 1.57. The molecule has 3 aromatic rings. The second-order valence-electron chi connectivity index (χ2n) is 4.49. The van der Waals surface area contributed by atoms with E-state index in [-0.39, 0.29) is 5.91 Å². The number of benzene rings is 1. The number of thiophene rings is 1. The largest absolute Gasteiger partial charge is 0.326 e. The summed E-state index contributed by atoms with van der Waals surface area (Å²) in [5, 5.41) is 16.2. The molecule has 0 spiro atoms. The van der Waals surface area contributed by atoms with Crippen molar-refractivity contribution >= 4 is 22.9 Å². The van der Waals surface area contributed by atoms with Gasteiger partial charge in [-0.2, -0.15) is 4.68 Å². The molecule has 0 aliphatic carbocycles. The maximum absolute atomic E-state index is 12.0. The van der Waals surface area contributed by atoms with E-state index in [2.05, 4.69) is 20.8 Å².